The zero-order chi connectivity index (χ0) is 14.6. The third-order valence-electron chi connectivity index (χ3n) is 3.99. The molecule has 0 radical (unpaired) electrons. The average Bonchev–Trinajstić information content (AvgIpc) is 2.38. The number of aryl methyl sites for hydroxylation is 1. The molecule has 0 aliphatic heterocycles. The number of benzene rings is 1. The number of hydrogen-bond acceptors (Lipinski definition) is 3. The highest BCUT2D eigenvalue weighted by atomic mass is 16.5. The number of ether oxygens (including phenoxy) is 1. The lowest BCUT2D eigenvalue weighted by Gasteiger charge is -2.41. The van der Waals surface area contributed by atoms with Gasteiger partial charge < -0.3 is 15.2 Å². The summed E-state index contributed by atoms with van der Waals surface area (Å²) in [4.78, 5) is 0. The second-order valence-electron chi connectivity index (χ2n) is 6.39. The van der Waals surface area contributed by atoms with Gasteiger partial charge in [-0.25, -0.2) is 0 Å². The van der Waals surface area contributed by atoms with Crippen molar-refractivity contribution in [2.24, 2.45) is 0 Å². The minimum atomic E-state index is -0.180. The molecule has 1 aromatic rings. The van der Waals surface area contributed by atoms with Gasteiger partial charge in [-0.05, 0) is 43.9 Å². The van der Waals surface area contributed by atoms with Crippen LogP contribution in [0.3, 0.4) is 0 Å². The SMILES string of the molecule is Cc1cccc(OC2CCCC(CO)(NC(C)C)C2)c1. The van der Waals surface area contributed by atoms with Crippen LogP contribution in [0.4, 0.5) is 0 Å². The van der Waals surface area contributed by atoms with E-state index >= 15 is 0 Å². The first-order valence-corrected chi connectivity index (χ1v) is 7.65. The van der Waals surface area contributed by atoms with Crippen LogP contribution in [0.5, 0.6) is 5.75 Å². The molecule has 2 rings (SSSR count). The van der Waals surface area contributed by atoms with E-state index in [2.05, 4.69) is 38.2 Å². The smallest absolute Gasteiger partial charge is 0.119 e. The van der Waals surface area contributed by atoms with Gasteiger partial charge in [0.15, 0.2) is 0 Å². The Morgan fingerprint density at radius 1 is 1.45 bits per heavy atom. The van der Waals surface area contributed by atoms with Crippen molar-refractivity contribution in [1.82, 2.24) is 5.32 Å². The molecule has 2 unspecified atom stereocenters. The Labute approximate surface area is 122 Å². The van der Waals surface area contributed by atoms with E-state index in [0.717, 1.165) is 31.4 Å². The van der Waals surface area contributed by atoms with Crippen LogP contribution in [0.15, 0.2) is 24.3 Å². The molecule has 1 saturated carbocycles. The number of aliphatic hydroxyl groups excluding tert-OH is 1. The van der Waals surface area contributed by atoms with Crippen LogP contribution in [-0.4, -0.2) is 29.4 Å². The molecule has 0 heterocycles. The fraction of sp³-hybridized carbons (Fsp3) is 0.647. The fourth-order valence-corrected chi connectivity index (χ4v) is 3.22. The molecular weight excluding hydrogens is 250 g/mol. The molecule has 1 aliphatic carbocycles. The average molecular weight is 277 g/mol. The molecule has 0 aromatic heterocycles. The first kappa shape index (κ1) is 15.3. The van der Waals surface area contributed by atoms with Gasteiger partial charge in [0.25, 0.3) is 0 Å². The maximum absolute atomic E-state index is 9.80. The number of hydrogen-bond donors (Lipinski definition) is 2. The molecule has 112 valence electrons. The lowest BCUT2D eigenvalue weighted by molar-refractivity contribution is 0.0461. The largest absolute Gasteiger partial charge is 0.490 e. The molecule has 1 aliphatic rings. The monoisotopic (exact) mass is 277 g/mol. The Balaban J connectivity index is 2.02. The van der Waals surface area contributed by atoms with E-state index in [9.17, 15) is 5.11 Å². The van der Waals surface area contributed by atoms with Crippen LogP contribution in [0, 0.1) is 6.92 Å². The van der Waals surface area contributed by atoms with Crippen molar-refractivity contribution < 1.29 is 9.84 Å². The molecule has 0 saturated heterocycles. The van der Waals surface area contributed by atoms with E-state index in [-0.39, 0.29) is 18.2 Å². The van der Waals surface area contributed by atoms with Gasteiger partial charge in [0.05, 0.1) is 6.61 Å². The molecule has 0 amide bonds. The van der Waals surface area contributed by atoms with Crippen molar-refractivity contribution in [3.8, 4) is 5.75 Å². The lowest BCUT2D eigenvalue weighted by Crippen LogP contribution is -2.55. The van der Waals surface area contributed by atoms with Crippen molar-refractivity contribution in [2.75, 3.05) is 6.61 Å². The summed E-state index contributed by atoms with van der Waals surface area (Å²) in [5.74, 6) is 0.938. The van der Waals surface area contributed by atoms with Gasteiger partial charge >= 0.3 is 0 Å². The Bertz CT molecular complexity index is 433. The highest BCUT2D eigenvalue weighted by molar-refractivity contribution is 5.27. The second kappa shape index (κ2) is 6.59. The predicted molar refractivity (Wildman–Crippen MR) is 82.2 cm³/mol. The number of rotatable bonds is 5. The van der Waals surface area contributed by atoms with Gasteiger partial charge in [-0.1, -0.05) is 26.0 Å². The lowest BCUT2D eigenvalue weighted by atomic mass is 9.80. The Morgan fingerprint density at radius 3 is 2.90 bits per heavy atom. The summed E-state index contributed by atoms with van der Waals surface area (Å²) in [7, 11) is 0. The Kier molecular flexibility index (Phi) is 5.06. The highest BCUT2D eigenvalue weighted by Gasteiger charge is 2.37. The maximum Gasteiger partial charge on any atom is 0.119 e. The normalized spacial score (nSPS) is 26.8. The highest BCUT2D eigenvalue weighted by Crippen LogP contribution is 2.31. The first-order valence-electron chi connectivity index (χ1n) is 7.65. The molecule has 0 spiro atoms. The number of nitrogens with one attached hydrogen (secondary N) is 1. The molecule has 3 heteroatoms. The molecule has 2 atom stereocenters. The number of aliphatic hydroxyl groups is 1. The quantitative estimate of drug-likeness (QED) is 0.869. The van der Waals surface area contributed by atoms with Gasteiger partial charge in [-0.3, -0.25) is 0 Å². The third-order valence-corrected chi connectivity index (χ3v) is 3.99. The van der Waals surface area contributed by atoms with Crippen LogP contribution in [0.25, 0.3) is 0 Å². The van der Waals surface area contributed by atoms with Crippen molar-refractivity contribution >= 4 is 0 Å². The Hall–Kier alpha value is -1.06. The van der Waals surface area contributed by atoms with Gasteiger partial charge in [-0.15, -0.1) is 0 Å². The standard InChI is InChI=1S/C17H27NO2/c1-13(2)18-17(12-19)9-5-8-16(11-17)20-15-7-4-6-14(3)10-15/h4,6-7,10,13,16,18-19H,5,8-9,11-12H2,1-3H3. The summed E-state index contributed by atoms with van der Waals surface area (Å²) >= 11 is 0. The van der Waals surface area contributed by atoms with Gasteiger partial charge in [0, 0.05) is 18.0 Å². The minimum absolute atomic E-state index is 0.179. The van der Waals surface area contributed by atoms with E-state index in [4.69, 9.17) is 4.74 Å². The summed E-state index contributed by atoms with van der Waals surface area (Å²) < 4.78 is 6.12. The molecule has 1 fully saturated rings. The summed E-state index contributed by atoms with van der Waals surface area (Å²) in [6, 6.07) is 8.56. The second-order valence-corrected chi connectivity index (χ2v) is 6.39. The van der Waals surface area contributed by atoms with Crippen molar-refractivity contribution in [2.45, 2.75) is 64.1 Å². The summed E-state index contributed by atoms with van der Waals surface area (Å²) in [6.45, 7) is 6.51. The molecule has 20 heavy (non-hydrogen) atoms. The fourth-order valence-electron chi connectivity index (χ4n) is 3.22. The van der Waals surface area contributed by atoms with Crippen LogP contribution in [0.2, 0.25) is 0 Å². The Morgan fingerprint density at radius 2 is 2.25 bits per heavy atom. The molecule has 0 bridgehead atoms. The van der Waals surface area contributed by atoms with Gasteiger partial charge in [-0.2, -0.15) is 0 Å². The van der Waals surface area contributed by atoms with Crippen molar-refractivity contribution in [3.63, 3.8) is 0 Å². The summed E-state index contributed by atoms with van der Waals surface area (Å²) in [5, 5.41) is 13.3. The van der Waals surface area contributed by atoms with Gasteiger partial charge in [0.2, 0.25) is 0 Å². The van der Waals surface area contributed by atoms with Crippen LogP contribution >= 0.6 is 0 Å². The van der Waals surface area contributed by atoms with Crippen LogP contribution in [0.1, 0.15) is 45.1 Å². The molecule has 1 aromatic carbocycles. The van der Waals surface area contributed by atoms with E-state index in [0.29, 0.717) is 6.04 Å². The minimum Gasteiger partial charge on any atom is -0.490 e. The zero-order valence-electron chi connectivity index (χ0n) is 12.9. The third kappa shape index (κ3) is 3.97. The molecule has 3 nitrogen and oxygen atoms in total. The maximum atomic E-state index is 9.80. The predicted octanol–water partition coefficient (Wildman–Crippen LogP) is 3.05. The summed E-state index contributed by atoms with van der Waals surface area (Å²) in [6.07, 6.45) is 4.24. The van der Waals surface area contributed by atoms with Crippen LogP contribution < -0.4 is 10.1 Å². The van der Waals surface area contributed by atoms with E-state index in [1.54, 1.807) is 0 Å². The van der Waals surface area contributed by atoms with E-state index in [1.165, 1.54) is 5.56 Å². The van der Waals surface area contributed by atoms with Crippen molar-refractivity contribution in [3.05, 3.63) is 29.8 Å². The topological polar surface area (TPSA) is 41.5 Å². The molecular formula is C17H27NO2. The van der Waals surface area contributed by atoms with Gasteiger partial charge in [0.1, 0.15) is 11.9 Å². The van der Waals surface area contributed by atoms with Crippen LogP contribution in [-0.2, 0) is 0 Å². The summed E-state index contributed by atoms with van der Waals surface area (Å²) in [5.41, 5.74) is 1.04. The van der Waals surface area contributed by atoms with E-state index < -0.39 is 0 Å². The first-order chi connectivity index (χ1) is 9.53. The van der Waals surface area contributed by atoms with E-state index in [1.807, 2.05) is 12.1 Å². The zero-order valence-corrected chi connectivity index (χ0v) is 12.9. The molecule has 2 N–H and O–H groups in total. The van der Waals surface area contributed by atoms with Crippen molar-refractivity contribution in [1.29, 1.82) is 0 Å².